The first-order chi connectivity index (χ1) is 14.7. The molecular formula is C21H20Cl3FN4O2. The molecule has 1 atom stereocenters. The van der Waals surface area contributed by atoms with Crippen molar-refractivity contribution in [3.05, 3.63) is 73.0 Å². The molecule has 2 amide bonds. The number of amides is 2. The molecule has 0 radical (unpaired) electrons. The Balaban J connectivity index is 1.82. The minimum absolute atomic E-state index is 0.0762. The number of carbonyl (C=O) groups is 1. The molecule has 0 bridgehead atoms. The van der Waals surface area contributed by atoms with Gasteiger partial charge in [0.25, 0.3) is 5.56 Å². The highest BCUT2D eigenvalue weighted by Crippen LogP contribution is 2.28. The average Bonchev–Trinajstić information content (AvgIpc) is 2.69. The van der Waals surface area contributed by atoms with Crippen LogP contribution in [0.25, 0.3) is 10.9 Å². The second-order valence-corrected chi connectivity index (χ2v) is 8.31. The number of hydrogen-bond acceptors (Lipinski definition) is 3. The number of aromatic amines is 1. The van der Waals surface area contributed by atoms with Crippen molar-refractivity contribution >= 4 is 51.7 Å². The highest BCUT2D eigenvalue weighted by atomic mass is 35.5. The molecule has 3 aromatic rings. The Hall–Kier alpha value is -2.35. The number of halogens is 4. The van der Waals surface area contributed by atoms with Crippen LogP contribution in [-0.4, -0.2) is 27.4 Å². The minimum atomic E-state index is -0.621. The standard InChI is InChI=1S/C21H20Cl3FN4O2/c1-3-6-29(10-19-27-18-7-12(22)4-5-13(18)20(30)28-19)21(31)26-11(2)14-8-17(25)16(24)9-15(14)23/h4-5,7-9,11H,3,6,10H2,1-2H3,(H,26,31)(H,27,28,30). The van der Waals surface area contributed by atoms with Crippen molar-refractivity contribution < 1.29 is 9.18 Å². The van der Waals surface area contributed by atoms with Gasteiger partial charge in [0.05, 0.1) is 28.5 Å². The molecule has 0 fully saturated rings. The van der Waals surface area contributed by atoms with E-state index in [-0.39, 0.29) is 22.1 Å². The van der Waals surface area contributed by atoms with Crippen molar-refractivity contribution in [2.24, 2.45) is 0 Å². The number of rotatable bonds is 6. The Morgan fingerprint density at radius 2 is 1.97 bits per heavy atom. The quantitative estimate of drug-likeness (QED) is 0.439. The fourth-order valence-corrected chi connectivity index (χ4v) is 3.88. The van der Waals surface area contributed by atoms with Crippen molar-refractivity contribution in [3.63, 3.8) is 0 Å². The van der Waals surface area contributed by atoms with Gasteiger partial charge in [0, 0.05) is 16.6 Å². The summed E-state index contributed by atoms with van der Waals surface area (Å²) in [6.45, 7) is 4.10. The number of benzene rings is 2. The summed E-state index contributed by atoms with van der Waals surface area (Å²) in [5, 5.41) is 3.83. The van der Waals surface area contributed by atoms with Gasteiger partial charge in [0.1, 0.15) is 11.6 Å². The first kappa shape index (κ1) is 23.3. The lowest BCUT2D eigenvalue weighted by Gasteiger charge is -2.25. The van der Waals surface area contributed by atoms with Gasteiger partial charge in [-0.1, -0.05) is 41.7 Å². The second kappa shape index (κ2) is 9.85. The third kappa shape index (κ3) is 5.47. The molecule has 2 N–H and O–H groups in total. The van der Waals surface area contributed by atoms with Crippen LogP contribution in [0.3, 0.4) is 0 Å². The topological polar surface area (TPSA) is 78.1 Å². The molecule has 0 spiro atoms. The first-order valence-corrected chi connectivity index (χ1v) is 10.7. The molecule has 0 aliphatic rings. The lowest BCUT2D eigenvalue weighted by Crippen LogP contribution is -2.41. The molecule has 3 rings (SSSR count). The van der Waals surface area contributed by atoms with E-state index in [0.717, 1.165) is 0 Å². The molecule has 0 saturated heterocycles. The van der Waals surface area contributed by atoms with Crippen molar-refractivity contribution in [1.82, 2.24) is 20.2 Å². The van der Waals surface area contributed by atoms with E-state index in [0.29, 0.717) is 40.3 Å². The number of H-pyrrole nitrogens is 1. The van der Waals surface area contributed by atoms with Gasteiger partial charge in [-0.2, -0.15) is 0 Å². The third-order valence-corrected chi connectivity index (χ3v) is 5.54. The number of aromatic nitrogens is 2. The smallest absolute Gasteiger partial charge is 0.318 e. The highest BCUT2D eigenvalue weighted by molar-refractivity contribution is 6.35. The van der Waals surface area contributed by atoms with Crippen LogP contribution >= 0.6 is 34.8 Å². The molecular weight excluding hydrogens is 466 g/mol. The Morgan fingerprint density at radius 1 is 1.23 bits per heavy atom. The van der Waals surface area contributed by atoms with E-state index < -0.39 is 17.9 Å². The molecule has 1 unspecified atom stereocenters. The zero-order valence-corrected chi connectivity index (χ0v) is 19.1. The van der Waals surface area contributed by atoms with Crippen LogP contribution < -0.4 is 10.9 Å². The van der Waals surface area contributed by atoms with Crippen LogP contribution in [0.1, 0.15) is 37.7 Å². The maximum atomic E-state index is 13.9. The Morgan fingerprint density at radius 3 is 2.68 bits per heavy atom. The van der Waals surface area contributed by atoms with Gasteiger partial charge in [0.15, 0.2) is 0 Å². The largest absolute Gasteiger partial charge is 0.331 e. The molecule has 0 aliphatic heterocycles. The summed E-state index contributed by atoms with van der Waals surface area (Å²) in [6, 6.07) is 6.33. The summed E-state index contributed by atoms with van der Waals surface area (Å²) in [4.78, 5) is 33.9. The summed E-state index contributed by atoms with van der Waals surface area (Å²) in [5.74, 6) is -0.296. The zero-order chi connectivity index (χ0) is 22.7. The van der Waals surface area contributed by atoms with Gasteiger partial charge in [-0.25, -0.2) is 14.2 Å². The van der Waals surface area contributed by atoms with Gasteiger partial charge < -0.3 is 15.2 Å². The zero-order valence-electron chi connectivity index (χ0n) is 16.8. The SMILES string of the molecule is CCCN(Cc1nc2cc(Cl)ccc2c(=O)[nH]1)C(=O)NC(C)c1cc(F)c(Cl)cc1Cl. The molecule has 0 saturated carbocycles. The van der Waals surface area contributed by atoms with Gasteiger partial charge in [0.2, 0.25) is 0 Å². The van der Waals surface area contributed by atoms with Crippen LogP contribution in [-0.2, 0) is 6.54 Å². The summed E-state index contributed by atoms with van der Waals surface area (Å²) in [7, 11) is 0. The van der Waals surface area contributed by atoms with Gasteiger partial charge in [-0.3, -0.25) is 4.79 Å². The van der Waals surface area contributed by atoms with E-state index in [4.69, 9.17) is 34.8 Å². The lowest BCUT2D eigenvalue weighted by atomic mass is 10.1. The number of carbonyl (C=O) groups excluding carboxylic acids is 1. The van der Waals surface area contributed by atoms with E-state index in [2.05, 4.69) is 15.3 Å². The average molecular weight is 486 g/mol. The van der Waals surface area contributed by atoms with E-state index in [1.54, 1.807) is 25.1 Å². The fourth-order valence-electron chi connectivity index (χ4n) is 3.16. The second-order valence-electron chi connectivity index (χ2n) is 7.05. The molecule has 164 valence electrons. The summed E-state index contributed by atoms with van der Waals surface area (Å²) in [6.07, 6.45) is 0.682. The molecule has 6 nitrogen and oxygen atoms in total. The van der Waals surface area contributed by atoms with Gasteiger partial charge in [-0.05, 0) is 49.2 Å². The van der Waals surface area contributed by atoms with Crippen molar-refractivity contribution in [3.8, 4) is 0 Å². The molecule has 10 heteroatoms. The van der Waals surface area contributed by atoms with Crippen molar-refractivity contribution in [1.29, 1.82) is 0 Å². The highest BCUT2D eigenvalue weighted by Gasteiger charge is 2.20. The van der Waals surface area contributed by atoms with Gasteiger partial charge >= 0.3 is 6.03 Å². The summed E-state index contributed by atoms with van der Waals surface area (Å²) in [5.41, 5.74) is 0.533. The molecule has 2 aromatic carbocycles. The lowest BCUT2D eigenvalue weighted by molar-refractivity contribution is 0.190. The van der Waals surface area contributed by atoms with E-state index in [9.17, 15) is 14.0 Å². The van der Waals surface area contributed by atoms with Crippen LogP contribution in [0.5, 0.6) is 0 Å². The number of fused-ring (bicyclic) bond motifs is 1. The van der Waals surface area contributed by atoms with Crippen LogP contribution in [0.2, 0.25) is 15.1 Å². The van der Waals surface area contributed by atoms with Gasteiger partial charge in [-0.15, -0.1) is 0 Å². The fraction of sp³-hybridized carbons (Fsp3) is 0.286. The van der Waals surface area contributed by atoms with Crippen molar-refractivity contribution in [2.75, 3.05) is 6.54 Å². The van der Waals surface area contributed by atoms with Crippen molar-refractivity contribution in [2.45, 2.75) is 32.9 Å². The maximum Gasteiger partial charge on any atom is 0.318 e. The van der Waals surface area contributed by atoms with E-state index in [1.807, 2.05) is 6.92 Å². The van der Waals surface area contributed by atoms with E-state index >= 15 is 0 Å². The van der Waals surface area contributed by atoms with Crippen LogP contribution in [0, 0.1) is 5.82 Å². The number of nitrogens with zero attached hydrogens (tertiary/aromatic N) is 2. The molecule has 1 heterocycles. The molecule has 31 heavy (non-hydrogen) atoms. The van der Waals surface area contributed by atoms with Crippen LogP contribution in [0.4, 0.5) is 9.18 Å². The predicted octanol–water partition coefficient (Wildman–Crippen LogP) is 5.71. The predicted molar refractivity (Wildman–Crippen MR) is 121 cm³/mol. The first-order valence-electron chi connectivity index (χ1n) is 9.58. The monoisotopic (exact) mass is 484 g/mol. The summed E-state index contributed by atoms with van der Waals surface area (Å²) >= 11 is 17.9. The number of nitrogens with one attached hydrogen (secondary N) is 2. The maximum absolute atomic E-state index is 13.9. The number of urea groups is 1. The molecule has 1 aromatic heterocycles. The summed E-state index contributed by atoms with van der Waals surface area (Å²) < 4.78 is 13.9. The number of hydrogen-bond donors (Lipinski definition) is 2. The van der Waals surface area contributed by atoms with Crippen LogP contribution in [0.15, 0.2) is 35.1 Å². The molecule has 0 aliphatic carbocycles. The Kier molecular flexibility index (Phi) is 7.41. The Bertz CT molecular complexity index is 1190. The Labute approximate surface area is 193 Å². The minimum Gasteiger partial charge on any atom is -0.331 e. The third-order valence-electron chi connectivity index (χ3n) is 4.69. The van der Waals surface area contributed by atoms with E-state index in [1.165, 1.54) is 17.0 Å². The normalized spacial score (nSPS) is 12.1.